The Bertz CT molecular complexity index is 686. The second kappa shape index (κ2) is 5.94. The molecule has 1 aliphatic rings. The molecule has 21 heavy (non-hydrogen) atoms. The lowest BCUT2D eigenvalue weighted by Gasteiger charge is -2.12. The van der Waals surface area contributed by atoms with Crippen molar-refractivity contribution in [2.24, 2.45) is 0 Å². The van der Waals surface area contributed by atoms with Gasteiger partial charge >= 0.3 is 0 Å². The number of thiophene rings is 1. The van der Waals surface area contributed by atoms with Gasteiger partial charge in [-0.3, -0.25) is 4.79 Å². The minimum Gasteiger partial charge on any atom is -0.397 e. The lowest BCUT2D eigenvalue weighted by molar-refractivity contribution is 0.0919. The molecular weight excluding hydrogens is 352 g/mol. The highest BCUT2D eigenvalue weighted by Crippen LogP contribution is 2.35. The molecule has 0 saturated heterocycles. The van der Waals surface area contributed by atoms with Crippen LogP contribution in [0.1, 0.15) is 28.9 Å². The van der Waals surface area contributed by atoms with Crippen LogP contribution in [0.15, 0.2) is 22.7 Å². The van der Waals surface area contributed by atoms with Gasteiger partial charge < -0.3 is 15.8 Å². The van der Waals surface area contributed by atoms with Crippen LogP contribution in [0.4, 0.5) is 5.69 Å². The van der Waals surface area contributed by atoms with Crippen molar-refractivity contribution in [3.63, 3.8) is 0 Å². The average Bonchev–Trinajstić information content (AvgIpc) is 3.04. The molecule has 1 aromatic carbocycles. The van der Waals surface area contributed by atoms with E-state index in [1.807, 2.05) is 18.2 Å². The molecule has 2 unspecified atom stereocenters. The van der Waals surface area contributed by atoms with Crippen LogP contribution < -0.4 is 11.1 Å². The Balaban J connectivity index is 1.80. The number of rotatable bonds is 3. The lowest BCUT2D eigenvalue weighted by atomic mass is 10.2. The number of nitrogens with one attached hydrogen (secondary N) is 1. The van der Waals surface area contributed by atoms with Crippen LogP contribution in [-0.2, 0) is 4.74 Å². The van der Waals surface area contributed by atoms with E-state index in [4.69, 9.17) is 10.5 Å². The smallest absolute Gasteiger partial charge is 0.263 e. The minimum atomic E-state index is -0.0772. The molecule has 0 aliphatic heterocycles. The van der Waals surface area contributed by atoms with Gasteiger partial charge in [-0.05, 0) is 37.5 Å². The van der Waals surface area contributed by atoms with Gasteiger partial charge in [-0.15, -0.1) is 11.3 Å². The normalized spacial score (nSPS) is 21.8. The number of carbonyl (C=O) groups excluding carboxylic acids is 1. The number of benzene rings is 1. The van der Waals surface area contributed by atoms with E-state index in [2.05, 4.69) is 21.2 Å². The second-order valence-electron chi connectivity index (χ2n) is 5.33. The summed E-state index contributed by atoms with van der Waals surface area (Å²) in [5.74, 6) is -0.0772. The molecule has 2 aromatic rings. The number of hydrogen-bond donors (Lipinski definition) is 2. The summed E-state index contributed by atoms with van der Waals surface area (Å²) in [7, 11) is 1.72. The molecule has 1 saturated carbocycles. The van der Waals surface area contributed by atoms with E-state index in [0.29, 0.717) is 10.6 Å². The first-order valence-electron chi connectivity index (χ1n) is 6.89. The fourth-order valence-corrected chi connectivity index (χ4v) is 4.16. The summed E-state index contributed by atoms with van der Waals surface area (Å²) < 4.78 is 7.33. The maximum Gasteiger partial charge on any atom is 0.263 e. The van der Waals surface area contributed by atoms with Crippen LogP contribution in [0.2, 0.25) is 0 Å². The molecule has 1 heterocycles. The molecule has 0 spiro atoms. The molecule has 1 fully saturated rings. The van der Waals surface area contributed by atoms with E-state index in [9.17, 15) is 4.79 Å². The molecule has 6 heteroatoms. The number of hydrogen-bond acceptors (Lipinski definition) is 4. The van der Waals surface area contributed by atoms with Gasteiger partial charge in [0.2, 0.25) is 0 Å². The van der Waals surface area contributed by atoms with Crippen molar-refractivity contribution in [2.75, 3.05) is 12.8 Å². The van der Waals surface area contributed by atoms with Gasteiger partial charge in [-0.25, -0.2) is 0 Å². The number of methoxy groups -OCH3 is 1. The molecule has 1 aliphatic carbocycles. The summed E-state index contributed by atoms with van der Waals surface area (Å²) in [6, 6.07) is 6.07. The Labute approximate surface area is 135 Å². The predicted octanol–water partition coefficient (Wildman–Crippen LogP) is 3.54. The highest BCUT2D eigenvalue weighted by molar-refractivity contribution is 9.10. The van der Waals surface area contributed by atoms with E-state index >= 15 is 0 Å². The molecule has 112 valence electrons. The van der Waals surface area contributed by atoms with E-state index in [-0.39, 0.29) is 18.1 Å². The first kappa shape index (κ1) is 14.8. The van der Waals surface area contributed by atoms with E-state index in [0.717, 1.165) is 33.8 Å². The van der Waals surface area contributed by atoms with Crippen molar-refractivity contribution in [1.82, 2.24) is 5.32 Å². The Morgan fingerprint density at radius 1 is 1.48 bits per heavy atom. The number of nitrogen functional groups attached to an aromatic ring is 1. The lowest BCUT2D eigenvalue weighted by Crippen LogP contribution is -2.33. The number of amides is 1. The molecule has 3 rings (SSSR count). The Morgan fingerprint density at radius 2 is 2.29 bits per heavy atom. The highest BCUT2D eigenvalue weighted by Gasteiger charge is 2.27. The highest BCUT2D eigenvalue weighted by atomic mass is 79.9. The van der Waals surface area contributed by atoms with Crippen LogP contribution in [0.5, 0.6) is 0 Å². The summed E-state index contributed by atoms with van der Waals surface area (Å²) >= 11 is 4.87. The van der Waals surface area contributed by atoms with Gasteiger partial charge in [0.05, 0.1) is 11.8 Å². The number of carbonyl (C=O) groups is 1. The van der Waals surface area contributed by atoms with E-state index in [1.54, 1.807) is 7.11 Å². The topological polar surface area (TPSA) is 64.3 Å². The van der Waals surface area contributed by atoms with Crippen molar-refractivity contribution in [3.05, 3.63) is 27.5 Å². The fourth-order valence-electron chi connectivity index (χ4n) is 2.79. The maximum absolute atomic E-state index is 12.4. The third kappa shape index (κ3) is 2.93. The zero-order valence-corrected chi connectivity index (χ0v) is 14.1. The largest absolute Gasteiger partial charge is 0.397 e. The van der Waals surface area contributed by atoms with Crippen LogP contribution in [0.3, 0.4) is 0 Å². The quantitative estimate of drug-likeness (QED) is 0.870. The molecule has 0 bridgehead atoms. The standard InChI is InChI=1S/C15H17BrN2O2S/c1-20-10-4-3-9(7-10)18-15(19)14-13(17)11-6-8(16)2-5-12(11)21-14/h2,5-6,9-10H,3-4,7,17H2,1H3,(H,18,19). The van der Waals surface area contributed by atoms with Gasteiger partial charge in [-0.1, -0.05) is 15.9 Å². The first-order chi connectivity index (χ1) is 10.1. The van der Waals surface area contributed by atoms with Crippen molar-refractivity contribution in [3.8, 4) is 0 Å². The number of halogens is 1. The van der Waals surface area contributed by atoms with E-state index in [1.165, 1.54) is 11.3 Å². The minimum absolute atomic E-state index is 0.0772. The summed E-state index contributed by atoms with van der Waals surface area (Å²) in [4.78, 5) is 13.0. The third-order valence-corrected chi connectivity index (χ3v) is 5.63. The third-order valence-electron chi connectivity index (χ3n) is 3.95. The van der Waals surface area contributed by atoms with Gasteiger partial charge in [-0.2, -0.15) is 0 Å². The van der Waals surface area contributed by atoms with Gasteiger partial charge in [0.25, 0.3) is 5.91 Å². The van der Waals surface area contributed by atoms with Crippen LogP contribution >= 0.6 is 27.3 Å². The Morgan fingerprint density at radius 3 is 3.00 bits per heavy atom. The van der Waals surface area contributed by atoms with E-state index < -0.39 is 0 Å². The fraction of sp³-hybridized carbons (Fsp3) is 0.400. The summed E-state index contributed by atoms with van der Waals surface area (Å²) in [5.41, 5.74) is 6.71. The average molecular weight is 369 g/mol. The van der Waals surface area contributed by atoms with Crippen molar-refractivity contribution >= 4 is 48.9 Å². The van der Waals surface area contributed by atoms with Crippen LogP contribution in [0.25, 0.3) is 10.1 Å². The van der Waals surface area contributed by atoms with Crippen molar-refractivity contribution in [1.29, 1.82) is 0 Å². The predicted molar refractivity (Wildman–Crippen MR) is 89.8 cm³/mol. The first-order valence-corrected chi connectivity index (χ1v) is 8.50. The SMILES string of the molecule is COC1CCC(NC(=O)c2sc3ccc(Br)cc3c2N)C1. The van der Waals surface area contributed by atoms with Crippen LogP contribution in [-0.4, -0.2) is 25.2 Å². The van der Waals surface area contributed by atoms with Crippen molar-refractivity contribution in [2.45, 2.75) is 31.4 Å². The molecule has 0 radical (unpaired) electrons. The zero-order valence-electron chi connectivity index (χ0n) is 11.7. The number of fused-ring (bicyclic) bond motifs is 1. The summed E-state index contributed by atoms with van der Waals surface area (Å²) in [5, 5.41) is 4.01. The number of ether oxygens (including phenoxy) is 1. The van der Waals surface area contributed by atoms with Gasteiger partial charge in [0.15, 0.2) is 0 Å². The molecule has 1 amide bonds. The summed E-state index contributed by atoms with van der Waals surface area (Å²) in [6.07, 6.45) is 3.08. The maximum atomic E-state index is 12.4. The molecule has 4 nitrogen and oxygen atoms in total. The van der Waals surface area contributed by atoms with Gasteiger partial charge in [0, 0.05) is 27.7 Å². The summed E-state index contributed by atoms with van der Waals surface area (Å²) in [6.45, 7) is 0. The molecule has 2 atom stereocenters. The van der Waals surface area contributed by atoms with Gasteiger partial charge in [0.1, 0.15) is 4.88 Å². The Kier molecular flexibility index (Phi) is 4.19. The number of anilines is 1. The second-order valence-corrected chi connectivity index (χ2v) is 7.29. The van der Waals surface area contributed by atoms with Crippen molar-refractivity contribution < 1.29 is 9.53 Å². The molecule has 1 aromatic heterocycles. The van der Waals surface area contributed by atoms with Crippen LogP contribution in [0, 0.1) is 0 Å². The number of nitrogens with two attached hydrogens (primary N) is 1. The molecular formula is C15H17BrN2O2S. The Hall–Kier alpha value is -1.11. The molecule has 3 N–H and O–H groups in total. The monoisotopic (exact) mass is 368 g/mol. The zero-order chi connectivity index (χ0) is 15.0.